The Bertz CT molecular complexity index is 463. The number of anilines is 1. The second kappa shape index (κ2) is 5.58. The number of amides is 2. The molecule has 1 N–H and O–H groups in total. The molecule has 0 saturated heterocycles. The van der Waals surface area contributed by atoms with E-state index in [0.717, 1.165) is 0 Å². The number of carbonyl (C=O) groups excluding carboxylic acids is 2. The van der Waals surface area contributed by atoms with Gasteiger partial charge in [-0.3, -0.25) is 14.9 Å². The lowest BCUT2D eigenvalue weighted by molar-refractivity contribution is -0.111. The van der Waals surface area contributed by atoms with Crippen molar-refractivity contribution in [1.82, 2.24) is 9.88 Å². The lowest BCUT2D eigenvalue weighted by Crippen LogP contribution is -2.21. The highest BCUT2D eigenvalue weighted by molar-refractivity contribution is 7.17. The Morgan fingerprint density at radius 2 is 2.06 bits per heavy atom. The smallest absolute Gasteiger partial charge is 0.265 e. The molecule has 92 valence electrons. The van der Waals surface area contributed by atoms with Gasteiger partial charge in [0.1, 0.15) is 4.88 Å². The van der Waals surface area contributed by atoms with E-state index in [2.05, 4.69) is 10.3 Å². The molecule has 1 rings (SSSR count). The second-order valence-electron chi connectivity index (χ2n) is 3.62. The Morgan fingerprint density at radius 3 is 2.59 bits per heavy atom. The zero-order valence-corrected chi connectivity index (χ0v) is 11.1. The van der Waals surface area contributed by atoms with Crippen LogP contribution in [0, 0.1) is 6.92 Å². The van der Waals surface area contributed by atoms with Gasteiger partial charge in [0.2, 0.25) is 5.91 Å². The largest absolute Gasteiger partial charge is 0.344 e. The molecule has 0 aromatic carbocycles. The molecule has 0 unspecified atom stereocenters. The van der Waals surface area contributed by atoms with E-state index in [1.54, 1.807) is 34.0 Å². The topological polar surface area (TPSA) is 62.3 Å². The van der Waals surface area contributed by atoms with Crippen molar-refractivity contribution in [1.29, 1.82) is 0 Å². The number of carbonyl (C=O) groups is 2. The van der Waals surface area contributed by atoms with Gasteiger partial charge in [-0.05, 0) is 19.9 Å². The van der Waals surface area contributed by atoms with Crippen LogP contribution < -0.4 is 5.32 Å². The molecule has 0 aliphatic carbocycles. The molecule has 1 heterocycles. The Balaban J connectivity index is 2.89. The summed E-state index contributed by atoms with van der Waals surface area (Å²) in [6.07, 6.45) is 3.05. The summed E-state index contributed by atoms with van der Waals surface area (Å²) in [5.41, 5.74) is 0.629. The van der Waals surface area contributed by atoms with E-state index in [9.17, 15) is 9.59 Å². The molecule has 5 nitrogen and oxygen atoms in total. The van der Waals surface area contributed by atoms with E-state index >= 15 is 0 Å². The molecule has 0 radical (unpaired) electrons. The van der Waals surface area contributed by atoms with Gasteiger partial charge in [-0.1, -0.05) is 17.4 Å². The molecule has 0 aliphatic rings. The predicted molar refractivity (Wildman–Crippen MR) is 68.3 cm³/mol. The number of thiazole rings is 1. The molecule has 0 bridgehead atoms. The summed E-state index contributed by atoms with van der Waals surface area (Å²) in [6.45, 7) is 3.51. The molecule has 0 atom stereocenters. The van der Waals surface area contributed by atoms with Crippen LogP contribution >= 0.6 is 11.3 Å². The van der Waals surface area contributed by atoms with Crippen molar-refractivity contribution in [2.24, 2.45) is 0 Å². The maximum absolute atomic E-state index is 11.8. The first-order chi connectivity index (χ1) is 7.95. The summed E-state index contributed by atoms with van der Waals surface area (Å²) >= 11 is 1.18. The highest BCUT2D eigenvalue weighted by Gasteiger charge is 2.17. The molecule has 17 heavy (non-hydrogen) atoms. The van der Waals surface area contributed by atoms with Gasteiger partial charge in [-0.25, -0.2) is 4.98 Å². The number of rotatable bonds is 3. The van der Waals surface area contributed by atoms with Crippen LogP contribution in [-0.4, -0.2) is 35.8 Å². The number of hydrogen-bond acceptors (Lipinski definition) is 4. The van der Waals surface area contributed by atoms with Gasteiger partial charge in [0.05, 0.1) is 5.69 Å². The third-order valence-corrected chi connectivity index (χ3v) is 3.01. The molecular formula is C11H15N3O2S. The quantitative estimate of drug-likeness (QED) is 0.833. The van der Waals surface area contributed by atoms with Crippen LogP contribution in [0.3, 0.4) is 0 Å². The van der Waals surface area contributed by atoms with E-state index < -0.39 is 0 Å². The van der Waals surface area contributed by atoms with Crippen LogP contribution in [-0.2, 0) is 4.79 Å². The standard InChI is InChI=1S/C11H15N3O2S/c1-5-6-8(15)13-11-12-7(2)9(17-11)10(16)14(3)4/h5-6H,1-4H3,(H,12,13,15)/b6-5+. The maximum atomic E-state index is 11.8. The summed E-state index contributed by atoms with van der Waals surface area (Å²) in [7, 11) is 3.36. The first-order valence-electron chi connectivity index (χ1n) is 5.08. The fourth-order valence-electron chi connectivity index (χ4n) is 1.15. The summed E-state index contributed by atoms with van der Waals surface area (Å²) in [4.78, 5) is 29.2. The zero-order chi connectivity index (χ0) is 13.0. The molecule has 0 aliphatic heterocycles. The van der Waals surface area contributed by atoms with Gasteiger partial charge in [-0.2, -0.15) is 0 Å². The average Bonchev–Trinajstić information content (AvgIpc) is 2.58. The van der Waals surface area contributed by atoms with E-state index in [1.807, 2.05) is 0 Å². The molecule has 6 heteroatoms. The van der Waals surface area contributed by atoms with Crippen LogP contribution in [0.4, 0.5) is 5.13 Å². The Morgan fingerprint density at radius 1 is 1.41 bits per heavy atom. The van der Waals surface area contributed by atoms with Gasteiger partial charge in [-0.15, -0.1) is 0 Å². The Labute approximate surface area is 104 Å². The van der Waals surface area contributed by atoms with Crippen LogP contribution in [0.2, 0.25) is 0 Å². The fourth-order valence-corrected chi connectivity index (χ4v) is 2.14. The number of allylic oxidation sites excluding steroid dienone is 1. The lowest BCUT2D eigenvalue weighted by atomic mass is 10.3. The van der Waals surface area contributed by atoms with Crippen LogP contribution in [0.15, 0.2) is 12.2 Å². The number of nitrogens with one attached hydrogen (secondary N) is 1. The molecule has 0 fully saturated rings. The van der Waals surface area contributed by atoms with E-state index in [1.165, 1.54) is 22.3 Å². The Hall–Kier alpha value is -1.69. The van der Waals surface area contributed by atoms with Gasteiger partial charge in [0.15, 0.2) is 5.13 Å². The van der Waals surface area contributed by atoms with Crippen molar-refractivity contribution in [3.05, 3.63) is 22.7 Å². The second-order valence-corrected chi connectivity index (χ2v) is 4.62. The molecule has 0 saturated carbocycles. The van der Waals surface area contributed by atoms with Gasteiger partial charge in [0.25, 0.3) is 5.91 Å². The third kappa shape index (κ3) is 3.39. The predicted octanol–water partition coefficient (Wildman–Crippen LogP) is 1.67. The maximum Gasteiger partial charge on any atom is 0.265 e. The normalized spacial score (nSPS) is 10.6. The van der Waals surface area contributed by atoms with Crippen molar-refractivity contribution in [3.8, 4) is 0 Å². The lowest BCUT2D eigenvalue weighted by Gasteiger charge is -2.07. The molecular weight excluding hydrogens is 238 g/mol. The molecule has 2 amide bonds. The molecule has 1 aromatic rings. The average molecular weight is 253 g/mol. The van der Waals surface area contributed by atoms with Gasteiger partial charge < -0.3 is 4.90 Å². The minimum Gasteiger partial charge on any atom is -0.344 e. The van der Waals surface area contributed by atoms with E-state index in [4.69, 9.17) is 0 Å². The number of hydrogen-bond donors (Lipinski definition) is 1. The summed E-state index contributed by atoms with van der Waals surface area (Å²) in [5, 5.41) is 3.05. The van der Waals surface area contributed by atoms with Crippen molar-refractivity contribution >= 4 is 28.3 Å². The van der Waals surface area contributed by atoms with Crippen LogP contribution in [0.5, 0.6) is 0 Å². The van der Waals surface area contributed by atoms with Crippen molar-refractivity contribution in [3.63, 3.8) is 0 Å². The zero-order valence-electron chi connectivity index (χ0n) is 10.3. The number of aryl methyl sites for hydroxylation is 1. The van der Waals surface area contributed by atoms with E-state index in [0.29, 0.717) is 15.7 Å². The fraction of sp³-hybridized carbons (Fsp3) is 0.364. The van der Waals surface area contributed by atoms with Crippen LogP contribution in [0.25, 0.3) is 0 Å². The van der Waals surface area contributed by atoms with Crippen molar-refractivity contribution in [2.75, 3.05) is 19.4 Å². The SMILES string of the molecule is C/C=C/C(=O)Nc1nc(C)c(C(=O)N(C)C)s1. The van der Waals surface area contributed by atoms with Gasteiger partial charge in [0, 0.05) is 14.1 Å². The number of nitrogens with zero attached hydrogens (tertiary/aromatic N) is 2. The van der Waals surface area contributed by atoms with Crippen LogP contribution in [0.1, 0.15) is 22.3 Å². The molecule has 0 spiro atoms. The summed E-state index contributed by atoms with van der Waals surface area (Å²) < 4.78 is 0. The Kier molecular flexibility index (Phi) is 4.39. The van der Waals surface area contributed by atoms with Crippen molar-refractivity contribution < 1.29 is 9.59 Å². The van der Waals surface area contributed by atoms with E-state index in [-0.39, 0.29) is 11.8 Å². The summed E-state index contributed by atoms with van der Waals surface area (Å²) in [6, 6.07) is 0. The van der Waals surface area contributed by atoms with Crippen molar-refractivity contribution in [2.45, 2.75) is 13.8 Å². The molecule has 1 aromatic heterocycles. The first-order valence-corrected chi connectivity index (χ1v) is 5.90. The monoisotopic (exact) mass is 253 g/mol. The minimum atomic E-state index is -0.245. The first kappa shape index (κ1) is 13.4. The minimum absolute atomic E-state index is 0.105. The highest BCUT2D eigenvalue weighted by atomic mass is 32.1. The number of aromatic nitrogens is 1. The summed E-state index contributed by atoms with van der Waals surface area (Å²) in [5.74, 6) is -0.350. The third-order valence-electron chi connectivity index (χ3n) is 1.95. The highest BCUT2D eigenvalue weighted by Crippen LogP contribution is 2.23. The van der Waals surface area contributed by atoms with Gasteiger partial charge >= 0.3 is 0 Å².